The minimum absolute atomic E-state index is 0.0408. The lowest BCUT2D eigenvalue weighted by atomic mass is 9.96. The number of carbonyl (C=O) groups excluding carboxylic acids is 1. The first-order valence-corrected chi connectivity index (χ1v) is 8.56. The highest BCUT2D eigenvalue weighted by molar-refractivity contribution is 9.10. The Labute approximate surface area is 150 Å². The largest absolute Gasteiger partial charge is 0.483 e. The van der Waals surface area contributed by atoms with E-state index in [1.807, 2.05) is 30.3 Å². The molecule has 0 unspecified atom stereocenters. The maximum absolute atomic E-state index is 12.2. The number of halogens is 2. The fourth-order valence-corrected chi connectivity index (χ4v) is 3.04. The average Bonchev–Trinajstić information content (AvgIpc) is 2.52. The van der Waals surface area contributed by atoms with Gasteiger partial charge in [-0.25, -0.2) is 0 Å². The molecule has 2 aromatic rings. The molecule has 0 saturated heterocycles. The van der Waals surface area contributed by atoms with Gasteiger partial charge in [0.15, 0.2) is 6.61 Å². The summed E-state index contributed by atoms with van der Waals surface area (Å²) in [5.41, 5.74) is 1.09. The summed E-state index contributed by atoms with van der Waals surface area (Å²) in [5.74, 6) is 0.711. The van der Waals surface area contributed by atoms with Crippen molar-refractivity contribution in [3.8, 4) is 5.75 Å². The monoisotopic (exact) mass is 395 g/mol. The third-order valence-corrected chi connectivity index (χ3v) is 4.25. The van der Waals surface area contributed by atoms with E-state index in [4.69, 9.17) is 16.3 Å². The Morgan fingerprint density at radius 3 is 2.52 bits per heavy atom. The van der Waals surface area contributed by atoms with E-state index >= 15 is 0 Å². The van der Waals surface area contributed by atoms with Crippen LogP contribution in [0.15, 0.2) is 53.0 Å². The molecule has 0 fully saturated rings. The quantitative estimate of drug-likeness (QED) is 0.746. The van der Waals surface area contributed by atoms with Crippen LogP contribution in [0, 0.1) is 5.92 Å². The molecule has 0 aliphatic carbocycles. The molecule has 0 aromatic heterocycles. The second-order valence-corrected chi connectivity index (χ2v) is 6.85. The molecule has 0 aliphatic rings. The van der Waals surface area contributed by atoms with E-state index in [2.05, 4.69) is 35.1 Å². The lowest BCUT2D eigenvalue weighted by molar-refractivity contribution is -0.124. The number of hydrogen-bond acceptors (Lipinski definition) is 2. The van der Waals surface area contributed by atoms with E-state index in [1.54, 1.807) is 18.2 Å². The number of amides is 1. The molecular weight excluding hydrogens is 378 g/mol. The van der Waals surface area contributed by atoms with Gasteiger partial charge in [0, 0.05) is 5.02 Å². The molecule has 0 spiro atoms. The van der Waals surface area contributed by atoms with E-state index in [1.165, 1.54) is 0 Å². The number of nitrogens with one attached hydrogen (secondary N) is 1. The van der Waals surface area contributed by atoms with Crippen molar-refractivity contribution in [3.63, 3.8) is 0 Å². The second kappa shape index (κ2) is 8.37. The summed E-state index contributed by atoms with van der Waals surface area (Å²) in [6.45, 7) is 4.11. The lowest BCUT2D eigenvalue weighted by Gasteiger charge is -2.23. The zero-order valence-corrected chi connectivity index (χ0v) is 15.4. The van der Waals surface area contributed by atoms with Gasteiger partial charge in [0.2, 0.25) is 0 Å². The fourth-order valence-electron chi connectivity index (χ4n) is 2.25. The normalized spacial score (nSPS) is 12.0. The summed E-state index contributed by atoms with van der Waals surface area (Å²) in [6.07, 6.45) is 0. The number of ether oxygens (including phenoxy) is 1. The van der Waals surface area contributed by atoms with Crippen molar-refractivity contribution in [1.29, 1.82) is 0 Å². The van der Waals surface area contributed by atoms with E-state index in [0.29, 0.717) is 10.8 Å². The Bertz CT molecular complexity index is 661. The fraction of sp³-hybridized carbons (Fsp3) is 0.278. The first-order valence-electron chi connectivity index (χ1n) is 7.39. The van der Waals surface area contributed by atoms with Crippen LogP contribution in [0.3, 0.4) is 0 Å². The predicted octanol–water partition coefficient (Wildman–Crippen LogP) is 4.99. The molecule has 122 valence electrons. The highest BCUT2D eigenvalue weighted by Gasteiger charge is 2.18. The maximum Gasteiger partial charge on any atom is 0.258 e. The van der Waals surface area contributed by atoms with Crippen molar-refractivity contribution in [2.24, 2.45) is 5.92 Å². The summed E-state index contributed by atoms with van der Waals surface area (Å²) >= 11 is 9.25. The van der Waals surface area contributed by atoms with Gasteiger partial charge in [-0.15, -0.1) is 0 Å². The zero-order valence-electron chi connectivity index (χ0n) is 13.1. The lowest BCUT2D eigenvalue weighted by Crippen LogP contribution is -2.35. The summed E-state index contributed by atoms with van der Waals surface area (Å²) in [7, 11) is 0. The Morgan fingerprint density at radius 2 is 1.91 bits per heavy atom. The van der Waals surface area contributed by atoms with E-state index < -0.39 is 0 Å². The Morgan fingerprint density at radius 1 is 1.22 bits per heavy atom. The second-order valence-electron chi connectivity index (χ2n) is 5.56. The van der Waals surface area contributed by atoms with Crippen molar-refractivity contribution >= 4 is 33.4 Å². The number of benzene rings is 2. The Kier molecular flexibility index (Phi) is 6.48. The van der Waals surface area contributed by atoms with Gasteiger partial charge in [-0.3, -0.25) is 4.79 Å². The minimum atomic E-state index is -0.158. The SMILES string of the molecule is CC(C)[C@H](NC(=O)COc1ccc(Cl)cc1Br)c1ccccc1. The molecule has 23 heavy (non-hydrogen) atoms. The van der Waals surface area contributed by atoms with Crippen LogP contribution in [0.4, 0.5) is 0 Å². The van der Waals surface area contributed by atoms with Crippen molar-refractivity contribution in [1.82, 2.24) is 5.32 Å². The van der Waals surface area contributed by atoms with Crippen LogP contribution in [0.2, 0.25) is 5.02 Å². The Hall–Kier alpha value is -1.52. The summed E-state index contributed by atoms with van der Waals surface area (Å²) in [5, 5.41) is 3.64. The third-order valence-electron chi connectivity index (χ3n) is 3.39. The molecule has 0 aliphatic heterocycles. The number of hydrogen-bond donors (Lipinski definition) is 1. The third kappa shape index (κ3) is 5.26. The topological polar surface area (TPSA) is 38.3 Å². The number of carbonyl (C=O) groups is 1. The van der Waals surface area contributed by atoms with Crippen LogP contribution in [0.5, 0.6) is 5.75 Å². The van der Waals surface area contributed by atoms with Gasteiger partial charge in [0.05, 0.1) is 10.5 Å². The van der Waals surface area contributed by atoms with Gasteiger partial charge in [-0.1, -0.05) is 55.8 Å². The molecule has 2 aromatic carbocycles. The van der Waals surface area contributed by atoms with Crippen LogP contribution in [-0.4, -0.2) is 12.5 Å². The first kappa shape index (κ1) is 17.8. The van der Waals surface area contributed by atoms with Gasteiger partial charge in [-0.05, 0) is 45.6 Å². The first-order chi connectivity index (χ1) is 11.0. The molecule has 1 amide bonds. The van der Waals surface area contributed by atoms with E-state index in [0.717, 1.165) is 10.0 Å². The standard InChI is InChI=1S/C18H19BrClNO2/c1-12(2)18(13-6-4-3-5-7-13)21-17(22)11-23-16-9-8-14(20)10-15(16)19/h3-10,12,18H,11H2,1-2H3,(H,21,22)/t18-/m0/s1. The smallest absolute Gasteiger partial charge is 0.258 e. The molecule has 5 heteroatoms. The van der Waals surface area contributed by atoms with Gasteiger partial charge in [0.25, 0.3) is 5.91 Å². The molecular formula is C18H19BrClNO2. The maximum atomic E-state index is 12.2. The summed E-state index contributed by atoms with van der Waals surface area (Å²) in [4.78, 5) is 12.2. The van der Waals surface area contributed by atoms with Crippen molar-refractivity contribution in [2.75, 3.05) is 6.61 Å². The highest BCUT2D eigenvalue weighted by Crippen LogP contribution is 2.28. The van der Waals surface area contributed by atoms with E-state index in [9.17, 15) is 4.79 Å². The summed E-state index contributed by atoms with van der Waals surface area (Å²) in [6, 6.07) is 15.1. The van der Waals surface area contributed by atoms with Crippen LogP contribution in [-0.2, 0) is 4.79 Å². The van der Waals surface area contributed by atoms with Crippen molar-refractivity contribution in [2.45, 2.75) is 19.9 Å². The van der Waals surface area contributed by atoms with Gasteiger partial charge >= 0.3 is 0 Å². The van der Waals surface area contributed by atoms with Crippen LogP contribution < -0.4 is 10.1 Å². The molecule has 3 nitrogen and oxygen atoms in total. The van der Waals surface area contributed by atoms with Crippen LogP contribution in [0.25, 0.3) is 0 Å². The molecule has 0 saturated carbocycles. The molecule has 2 rings (SSSR count). The van der Waals surface area contributed by atoms with Crippen molar-refractivity contribution in [3.05, 3.63) is 63.6 Å². The van der Waals surface area contributed by atoms with Crippen LogP contribution in [0.1, 0.15) is 25.5 Å². The molecule has 0 bridgehead atoms. The highest BCUT2D eigenvalue weighted by atomic mass is 79.9. The Balaban J connectivity index is 1.97. The minimum Gasteiger partial charge on any atom is -0.483 e. The van der Waals surface area contributed by atoms with E-state index in [-0.39, 0.29) is 24.5 Å². The van der Waals surface area contributed by atoms with Gasteiger partial charge < -0.3 is 10.1 Å². The molecule has 1 atom stereocenters. The summed E-state index contributed by atoms with van der Waals surface area (Å²) < 4.78 is 6.28. The number of rotatable bonds is 6. The molecule has 1 N–H and O–H groups in total. The van der Waals surface area contributed by atoms with Gasteiger partial charge in [0.1, 0.15) is 5.75 Å². The van der Waals surface area contributed by atoms with Gasteiger partial charge in [-0.2, -0.15) is 0 Å². The molecule has 0 heterocycles. The zero-order chi connectivity index (χ0) is 16.8. The molecule has 0 radical (unpaired) electrons. The van der Waals surface area contributed by atoms with Crippen LogP contribution >= 0.6 is 27.5 Å². The van der Waals surface area contributed by atoms with Crippen molar-refractivity contribution < 1.29 is 9.53 Å². The predicted molar refractivity (Wildman–Crippen MR) is 96.8 cm³/mol. The average molecular weight is 397 g/mol.